The van der Waals surface area contributed by atoms with E-state index in [1.54, 1.807) is 0 Å². The first kappa shape index (κ1) is 6.68. The van der Waals surface area contributed by atoms with Crippen LogP contribution >= 0.6 is 0 Å². The summed E-state index contributed by atoms with van der Waals surface area (Å²) in [7, 11) is 0. The summed E-state index contributed by atoms with van der Waals surface area (Å²) in [6.07, 6.45) is 5.46. The van der Waals surface area contributed by atoms with Crippen LogP contribution in [0.5, 0.6) is 0 Å². The molecule has 2 aliphatic rings. The molecular weight excluding hydrogens is 191 g/mol. The predicted molar refractivity (Wildman–Crippen MR) is 43.4 cm³/mol. The van der Waals surface area contributed by atoms with Crippen LogP contribution in [0, 0.1) is 0 Å². The van der Waals surface area contributed by atoms with Crippen molar-refractivity contribution in [1.82, 2.24) is 0 Å². The second-order valence-corrected chi connectivity index (χ2v) is 5.62. The summed E-state index contributed by atoms with van der Waals surface area (Å²) in [4.78, 5) is 5.31. The van der Waals surface area contributed by atoms with Crippen LogP contribution in [0.1, 0.15) is 25.7 Å². The molecular formula is C7H12N2Se. The van der Waals surface area contributed by atoms with Crippen LogP contribution in [0.25, 0.3) is 0 Å². The van der Waals surface area contributed by atoms with Crippen molar-refractivity contribution >= 4 is 19.7 Å². The minimum absolute atomic E-state index is 0.547. The summed E-state index contributed by atoms with van der Waals surface area (Å²) in [5.74, 6) is 0. The van der Waals surface area contributed by atoms with Crippen LogP contribution in [-0.2, 0) is 0 Å². The molecule has 1 saturated carbocycles. The number of hydrogen-bond donors (Lipinski definition) is 1. The van der Waals surface area contributed by atoms with E-state index >= 15 is 0 Å². The zero-order chi connectivity index (χ0) is 6.97. The van der Waals surface area contributed by atoms with E-state index in [2.05, 4.69) is 4.99 Å². The Morgan fingerprint density at radius 1 is 1.40 bits per heavy atom. The topological polar surface area (TPSA) is 38.4 Å². The van der Waals surface area contributed by atoms with Crippen molar-refractivity contribution in [1.29, 1.82) is 0 Å². The van der Waals surface area contributed by atoms with Crippen molar-refractivity contribution < 1.29 is 0 Å². The SMILES string of the molecule is NC1=N[C@@H]2CCCC[C@H]2[Se]1. The average molecular weight is 203 g/mol. The number of amidine groups is 1. The number of fused-ring (bicyclic) bond motifs is 1. The van der Waals surface area contributed by atoms with Crippen LogP contribution in [0.4, 0.5) is 0 Å². The molecule has 1 aliphatic carbocycles. The van der Waals surface area contributed by atoms with E-state index in [1.807, 2.05) is 0 Å². The first-order valence-corrected chi connectivity index (χ1v) is 5.71. The molecule has 2 N–H and O–H groups in total. The molecule has 0 bridgehead atoms. The molecule has 56 valence electrons. The third-order valence-corrected chi connectivity index (χ3v) is 4.75. The van der Waals surface area contributed by atoms with Gasteiger partial charge >= 0.3 is 67.0 Å². The molecule has 0 saturated heterocycles. The van der Waals surface area contributed by atoms with Crippen LogP contribution in [-0.4, -0.2) is 25.7 Å². The van der Waals surface area contributed by atoms with E-state index in [-0.39, 0.29) is 0 Å². The molecule has 1 heterocycles. The first-order chi connectivity index (χ1) is 4.86. The van der Waals surface area contributed by atoms with Gasteiger partial charge in [0.05, 0.1) is 0 Å². The Morgan fingerprint density at radius 3 is 3.00 bits per heavy atom. The third-order valence-electron chi connectivity index (χ3n) is 2.23. The Morgan fingerprint density at radius 2 is 2.20 bits per heavy atom. The summed E-state index contributed by atoms with van der Waals surface area (Å²) in [5, 5.41) is 0. The van der Waals surface area contributed by atoms with Gasteiger partial charge in [0.15, 0.2) is 0 Å². The molecule has 0 amide bonds. The normalized spacial score (nSPS) is 39.0. The van der Waals surface area contributed by atoms with E-state index in [4.69, 9.17) is 5.73 Å². The van der Waals surface area contributed by atoms with E-state index in [0.29, 0.717) is 21.0 Å². The standard InChI is InChI=1S/C7H12N2Se/c8-7-9-5-3-1-2-4-6(5)10-7/h5-6H,1-4H2,(H2,8,9)/t5-,6-/m1/s1. The van der Waals surface area contributed by atoms with Gasteiger partial charge in [-0.3, -0.25) is 0 Å². The van der Waals surface area contributed by atoms with E-state index in [0.717, 1.165) is 9.55 Å². The number of hydrogen-bond acceptors (Lipinski definition) is 2. The van der Waals surface area contributed by atoms with E-state index in [1.165, 1.54) is 25.7 Å². The predicted octanol–water partition coefficient (Wildman–Crippen LogP) is 0.750. The van der Waals surface area contributed by atoms with Gasteiger partial charge < -0.3 is 0 Å². The Balaban J connectivity index is 2.06. The molecule has 0 aromatic rings. The molecule has 0 spiro atoms. The number of nitrogens with zero attached hydrogens (tertiary/aromatic N) is 1. The molecule has 3 heteroatoms. The summed E-state index contributed by atoms with van der Waals surface area (Å²) in [5.41, 5.74) is 5.67. The van der Waals surface area contributed by atoms with Gasteiger partial charge in [0.25, 0.3) is 0 Å². The van der Waals surface area contributed by atoms with Gasteiger partial charge in [-0.1, -0.05) is 0 Å². The van der Waals surface area contributed by atoms with Gasteiger partial charge in [0.2, 0.25) is 0 Å². The Bertz CT molecular complexity index is 167. The second kappa shape index (κ2) is 2.55. The summed E-state index contributed by atoms with van der Waals surface area (Å²) >= 11 is 0.547. The third kappa shape index (κ3) is 1.08. The monoisotopic (exact) mass is 204 g/mol. The summed E-state index contributed by atoms with van der Waals surface area (Å²) in [6, 6.07) is 0.633. The van der Waals surface area contributed by atoms with Crippen molar-refractivity contribution in [2.24, 2.45) is 10.7 Å². The van der Waals surface area contributed by atoms with Crippen LogP contribution in [0.2, 0.25) is 4.82 Å². The Hall–Kier alpha value is -0.0105. The molecule has 2 nitrogen and oxygen atoms in total. The number of nitrogens with two attached hydrogens (primary N) is 1. The minimum atomic E-state index is 0.547. The second-order valence-electron chi connectivity index (χ2n) is 2.98. The molecule has 2 rings (SSSR count). The fraction of sp³-hybridized carbons (Fsp3) is 0.857. The zero-order valence-corrected chi connectivity index (χ0v) is 7.63. The van der Waals surface area contributed by atoms with Gasteiger partial charge in [-0.15, -0.1) is 0 Å². The first-order valence-electron chi connectivity index (χ1n) is 3.86. The molecule has 0 radical (unpaired) electrons. The number of aliphatic imine (C=N–C) groups is 1. The van der Waals surface area contributed by atoms with Gasteiger partial charge in [-0.25, -0.2) is 0 Å². The Kier molecular flexibility index (Phi) is 1.71. The van der Waals surface area contributed by atoms with Crippen molar-refractivity contribution in [3.05, 3.63) is 0 Å². The zero-order valence-electron chi connectivity index (χ0n) is 5.92. The van der Waals surface area contributed by atoms with Gasteiger partial charge in [0, 0.05) is 0 Å². The van der Waals surface area contributed by atoms with Gasteiger partial charge in [0.1, 0.15) is 0 Å². The molecule has 0 unspecified atom stereocenters. The Labute approximate surface area is 67.4 Å². The molecule has 10 heavy (non-hydrogen) atoms. The molecule has 2 atom stereocenters. The molecule has 0 aromatic carbocycles. The molecule has 1 fully saturated rings. The van der Waals surface area contributed by atoms with E-state index < -0.39 is 0 Å². The quantitative estimate of drug-likeness (QED) is 0.579. The van der Waals surface area contributed by atoms with Crippen molar-refractivity contribution in [2.45, 2.75) is 36.5 Å². The molecule has 0 aromatic heterocycles. The van der Waals surface area contributed by atoms with E-state index in [9.17, 15) is 0 Å². The maximum absolute atomic E-state index is 5.67. The molecule has 1 aliphatic heterocycles. The van der Waals surface area contributed by atoms with Crippen molar-refractivity contribution in [3.63, 3.8) is 0 Å². The average Bonchev–Trinajstić information content (AvgIpc) is 2.27. The van der Waals surface area contributed by atoms with Crippen molar-refractivity contribution in [3.8, 4) is 0 Å². The van der Waals surface area contributed by atoms with Crippen LogP contribution < -0.4 is 5.73 Å². The van der Waals surface area contributed by atoms with Crippen molar-refractivity contribution in [2.75, 3.05) is 0 Å². The summed E-state index contributed by atoms with van der Waals surface area (Å²) < 4.78 is 0.962. The fourth-order valence-corrected chi connectivity index (χ4v) is 4.11. The maximum atomic E-state index is 5.67. The number of rotatable bonds is 0. The van der Waals surface area contributed by atoms with Gasteiger partial charge in [-0.2, -0.15) is 0 Å². The van der Waals surface area contributed by atoms with Gasteiger partial charge in [-0.05, 0) is 0 Å². The summed E-state index contributed by atoms with van der Waals surface area (Å²) in [6.45, 7) is 0. The fourth-order valence-electron chi connectivity index (χ4n) is 1.71. The van der Waals surface area contributed by atoms with Crippen LogP contribution in [0.3, 0.4) is 0 Å². The van der Waals surface area contributed by atoms with Crippen LogP contribution in [0.15, 0.2) is 4.99 Å².